The van der Waals surface area contributed by atoms with Crippen molar-refractivity contribution in [1.29, 1.82) is 0 Å². The number of alkyl halides is 3. The number of methoxy groups -OCH3 is 1. The molecular weight excluding hydrogens is 374 g/mol. The molecule has 2 aromatic rings. The van der Waals surface area contributed by atoms with E-state index >= 15 is 0 Å². The van der Waals surface area contributed by atoms with Crippen LogP contribution in [-0.2, 0) is 5.41 Å². The summed E-state index contributed by atoms with van der Waals surface area (Å²) in [6.45, 7) is 2.99. The van der Waals surface area contributed by atoms with Crippen molar-refractivity contribution < 1.29 is 27.4 Å². The predicted molar refractivity (Wildman–Crippen MR) is 97.3 cm³/mol. The third-order valence-corrected chi connectivity index (χ3v) is 4.41. The number of nitrogens with zero attached hydrogens (tertiary/aromatic N) is 1. The largest absolute Gasteiger partial charge is 0.496 e. The molecule has 1 N–H and O–H groups in total. The first-order valence-electron chi connectivity index (χ1n) is 8.51. The van der Waals surface area contributed by atoms with Gasteiger partial charge in [-0.05, 0) is 48.1 Å². The fraction of sp³-hybridized carbons (Fsp3) is 0.381. The lowest BCUT2D eigenvalue weighted by atomic mass is 9.73. The Morgan fingerprint density at radius 3 is 2.43 bits per heavy atom. The summed E-state index contributed by atoms with van der Waals surface area (Å²) in [7, 11) is 1.35. The molecule has 0 radical (unpaired) electrons. The van der Waals surface area contributed by atoms with Crippen molar-refractivity contribution >= 4 is 0 Å². The van der Waals surface area contributed by atoms with Crippen molar-refractivity contribution in [3.05, 3.63) is 59.7 Å². The van der Waals surface area contributed by atoms with Gasteiger partial charge in [0.2, 0.25) is 0 Å². The summed E-state index contributed by atoms with van der Waals surface area (Å²) in [5, 5.41) is 10.5. The van der Waals surface area contributed by atoms with Crippen molar-refractivity contribution in [3.8, 4) is 17.6 Å². The maximum absolute atomic E-state index is 13.7. The zero-order chi connectivity index (χ0) is 21.0. The molecule has 0 saturated carbocycles. The van der Waals surface area contributed by atoms with Gasteiger partial charge in [0.25, 0.3) is 0 Å². The average Bonchev–Trinajstić information content (AvgIpc) is 2.61. The quantitative estimate of drug-likeness (QED) is 0.593. The monoisotopic (exact) mass is 395 g/mol. The van der Waals surface area contributed by atoms with Gasteiger partial charge in [-0.3, -0.25) is 0 Å². The third-order valence-electron chi connectivity index (χ3n) is 4.41. The van der Waals surface area contributed by atoms with Crippen LogP contribution in [0.3, 0.4) is 0 Å². The molecule has 1 aromatic heterocycles. The molecular formula is C21H21F4NO2. The number of hydrogen-bond donors (Lipinski definition) is 1. The number of hydrogen-bond acceptors (Lipinski definition) is 3. The molecule has 1 heterocycles. The van der Waals surface area contributed by atoms with Gasteiger partial charge in [-0.15, -0.1) is 0 Å². The van der Waals surface area contributed by atoms with Crippen LogP contribution in [-0.4, -0.2) is 29.0 Å². The number of aromatic nitrogens is 1. The highest BCUT2D eigenvalue weighted by molar-refractivity contribution is 5.40. The molecule has 28 heavy (non-hydrogen) atoms. The van der Waals surface area contributed by atoms with E-state index in [1.54, 1.807) is 18.2 Å². The minimum atomic E-state index is -4.93. The third kappa shape index (κ3) is 5.02. The smallest absolute Gasteiger partial charge is 0.418 e. The molecule has 0 aliphatic heterocycles. The Balaban J connectivity index is 2.36. The van der Waals surface area contributed by atoms with E-state index in [1.165, 1.54) is 33.2 Å². The van der Waals surface area contributed by atoms with E-state index in [9.17, 15) is 22.7 Å². The molecule has 1 aromatic carbocycles. The Morgan fingerprint density at radius 2 is 1.86 bits per heavy atom. The molecule has 0 amide bonds. The fourth-order valence-electron chi connectivity index (χ4n) is 3.02. The first kappa shape index (κ1) is 21.7. The molecule has 150 valence electrons. The van der Waals surface area contributed by atoms with Crippen molar-refractivity contribution in [1.82, 2.24) is 4.98 Å². The van der Waals surface area contributed by atoms with Crippen LogP contribution in [0.15, 0.2) is 42.6 Å². The van der Waals surface area contributed by atoms with Crippen molar-refractivity contribution in [2.24, 2.45) is 0 Å². The minimum absolute atomic E-state index is 0.232. The normalized spacial score (nSPS) is 14.0. The number of aliphatic hydroxyl groups is 1. The van der Waals surface area contributed by atoms with E-state index < -0.39 is 35.9 Å². The first-order chi connectivity index (χ1) is 13.0. The van der Waals surface area contributed by atoms with Gasteiger partial charge < -0.3 is 9.84 Å². The fourth-order valence-corrected chi connectivity index (χ4v) is 3.02. The van der Waals surface area contributed by atoms with Crippen molar-refractivity contribution in [2.45, 2.75) is 43.9 Å². The summed E-state index contributed by atoms with van der Waals surface area (Å²) in [6, 6.07) is 8.50. The van der Waals surface area contributed by atoms with Gasteiger partial charge in [0, 0.05) is 18.2 Å². The summed E-state index contributed by atoms with van der Waals surface area (Å²) in [5.41, 5.74) is -3.80. The summed E-state index contributed by atoms with van der Waals surface area (Å²) in [4.78, 5) is 3.92. The van der Waals surface area contributed by atoms with Gasteiger partial charge >= 0.3 is 6.18 Å². The number of benzene rings is 1. The van der Waals surface area contributed by atoms with E-state index in [0.717, 1.165) is 12.1 Å². The number of ether oxygens (including phenoxy) is 1. The standard InChI is InChI=1S/C21H21F4NO2/c1-19(2,17-13-15(22)9-10-18(17)28-3)14-20(27,21(23,24)25)11-6-8-16-7-4-5-12-26-16/h4-5,7,9-10,12-13,27H,11,14H2,1-3H3. The number of pyridine rings is 1. The highest BCUT2D eigenvalue weighted by Crippen LogP contribution is 2.45. The lowest BCUT2D eigenvalue weighted by Gasteiger charge is -2.37. The molecule has 1 unspecified atom stereocenters. The Labute approximate surface area is 161 Å². The molecule has 1 atom stereocenters. The molecule has 0 spiro atoms. The van der Waals surface area contributed by atoms with E-state index in [2.05, 4.69) is 16.8 Å². The zero-order valence-corrected chi connectivity index (χ0v) is 15.8. The van der Waals surface area contributed by atoms with E-state index in [0.29, 0.717) is 5.69 Å². The van der Waals surface area contributed by atoms with E-state index in [-0.39, 0.29) is 11.3 Å². The Kier molecular flexibility index (Phi) is 6.35. The molecule has 0 saturated heterocycles. The lowest BCUT2D eigenvalue weighted by molar-refractivity contribution is -0.264. The zero-order valence-electron chi connectivity index (χ0n) is 15.8. The molecule has 0 aliphatic rings. The van der Waals surface area contributed by atoms with Crippen molar-refractivity contribution in [2.75, 3.05) is 7.11 Å². The molecule has 7 heteroatoms. The number of rotatable bonds is 5. The van der Waals surface area contributed by atoms with Crippen LogP contribution in [0.1, 0.15) is 37.9 Å². The van der Waals surface area contributed by atoms with Gasteiger partial charge in [-0.2, -0.15) is 13.2 Å². The molecule has 0 bridgehead atoms. The maximum atomic E-state index is 13.7. The van der Waals surface area contributed by atoms with Crippen LogP contribution in [0.4, 0.5) is 17.6 Å². The Hall–Kier alpha value is -2.59. The summed E-state index contributed by atoms with van der Waals surface area (Å²) in [6.07, 6.45) is -5.02. The second-order valence-electron chi connectivity index (χ2n) is 7.13. The second-order valence-corrected chi connectivity index (χ2v) is 7.13. The van der Waals surface area contributed by atoms with Gasteiger partial charge in [0.05, 0.1) is 7.11 Å². The summed E-state index contributed by atoms with van der Waals surface area (Å²) in [5.74, 6) is 4.54. The van der Waals surface area contributed by atoms with Gasteiger partial charge in [0.15, 0.2) is 5.60 Å². The Bertz CT molecular complexity index is 869. The Morgan fingerprint density at radius 1 is 1.14 bits per heavy atom. The van der Waals surface area contributed by atoms with Gasteiger partial charge in [-0.1, -0.05) is 25.8 Å². The first-order valence-corrected chi connectivity index (χ1v) is 8.51. The summed E-state index contributed by atoms with van der Waals surface area (Å²) < 4.78 is 60.0. The topological polar surface area (TPSA) is 42.4 Å². The predicted octanol–water partition coefficient (Wildman–Crippen LogP) is 4.63. The van der Waals surface area contributed by atoms with Crippen molar-refractivity contribution in [3.63, 3.8) is 0 Å². The lowest BCUT2D eigenvalue weighted by Crippen LogP contribution is -2.49. The van der Waals surface area contributed by atoms with E-state index in [4.69, 9.17) is 4.74 Å². The average molecular weight is 395 g/mol. The number of halogens is 4. The highest BCUT2D eigenvalue weighted by Gasteiger charge is 2.55. The van der Waals surface area contributed by atoms with Gasteiger partial charge in [0.1, 0.15) is 17.3 Å². The maximum Gasteiger partial charge on any atom is 0.418 e. The highest BCUT2D eigenvalue weighted by atomic mass is 19.4. The molecule has 3 nitrogen and oxygen atoms in total. The SMILES string of the molecule is COc1ccc(F)cc1C(C)(C)CC(O)(CC#Cc1ccccn1)C(F)(F)F. The minimum Gasteiger partial charge on any atom is -0.496 e. The summed E-state index contributed by atoms with van der Waals surface area (Å²) >= 11 is 0. The second kappa shape index (κ2) is 8.19. The van der Waals surface area contributed by atoms with Crippen LogP contribution in [0, 0.1) is 17.7 Å². The van der Waals surface area contributed by atoms with Crippen LogP contribution in [0.25, 0.3) is 0 Å². The molecule has 0 aliphatic carbocycles. The van der Waals surface area contributed by atoms with Crippen LogP contribution >= 0.6 is 0 Å². The molecule has 2 rings (SSSR count). The van der Waals surface area contributed by atoms with E-state index in [1.807, 2.05) is 0 Å². The molecule has 0 fully saturated rings. The van der Waals surface area contributed by atoms with Crippen LogP contribution < -0.4 is 4.74 Å². The van der Waals surface area contributed by atoms with Crippen LogP contribution in [0.5, 0.6) is 5.75 Å². The van der Waals surface area contributed by atoms with Crippen LogP contribution in [0.2, 0.25) is 0 Å². The van der Waals surface area contributed by atoms with Gasteiger partial charge in [-0.25, -0.2) is 9.37 Å².